The van der Waals surface area contributed by atoms with E-state index in [1.807, 2.05) is 0 Å². The Morgan fingerprint density at radius 1 is 0.600 bits per heavy atom. The van der Waals surface area contributed by atoms with Gasteiger partial charge in [-0.2, -0.15) is 0 Å². The predicted molar refractivity (Wildman–Crippen MR) is 46.0 cm³/mol. The molecule has 0 aromatic carbocycles. The van der Waals surface area contributed by atoms with Crippen molar-refractivity contribution >= 4 is 0 Å². The molecular formula is C9H14O6. The van der Waals surface area contributed by atoms with Gasteiger partial charge in [0, 0.05) is 0 Å². The van der Waals surface area contributed by atoms with Gasteiger partial charge in [0.2, 0.25) is 0 Å². The molecule has 6 heteroatoms. The van der Waals surface area contributed by atoms with Crippen LogP contribution in [0.3, 0.4) is 0 Å². The van der Waals surface area contributed by atoms with Gasteiger partial charge in [-0.1, -0.05) is 0 Å². The van der Waals surface area contributed by atoms with E-state index in [4.69, 9.17) is 28.4 Å². The van der Waals surface area contributed by atoms with Crippen molar-refractivity contribution in [1.29, 1.82) is 0 Å². The average molecular weight is 218 g/mol. The first-order valence-electron chi connectivity index (χ1n) is 5.07. The molecule has 3 heterocycles. The molecule has 0 radical (unpaired) electrons. The van der Waals surface area contributed by atoms with Crippen molar-refractivity contribution in [3.63, 3.8) is 0 Å². The zero-order valence-corrected chi connectivity index (χ0v) is 8.29. The van der Waals surface area contributed by atoms with Crippen molar-refractivity contribution < 1.29 is 28.4 Å². The Labute approximate surface area is 87.3 Å². The topological polar surface area (TPSA) is 55.4 Å². The van der Waals surface area contributed by atoms with Crippen molar-refractivity contribution in [1.82, 2.24) is 0 Å². The van der Waals surface area contributed by atoms with Gasteiger partial charge in [0.1, 0.15) is 44.8 Å². The van der Waals surface area contributed by atoms with Crippen LogP contribution in [0.1, 0.15) is 0 Å². The average Bonchev–Trinajstić information content (AvgIpc) is 2.48. The maximum atomic E-state index is 5.52. The quantitative estimate of drug-likeness (QED) is 0.545. The van der Waals surface area contributed by atoms with E-state index < -0.39 is 0 Å². The highest BCUT2D eigenvalue weighted by Gasteiger charge is 2.44. The molecule has 3 saturated heterocycles. The van der Waals surface area contributed by atoms with Crippen LogP contribution in [0.4, 0.5) is 0 Å². The summed E-state index contributed by atoms with van der Waals surface area (Å²) in [4.78, 5) is 0. The highest BCUT2D eigenvalue weighted by molar-refractivity contribution is 4.89. The van der Waals surface area contributed by atoms with E-state index in [-0.39, 0.29) is 44.8 Å². The summed E-state index contributed by atoms with van der Waals surface area (Å²) in [7, 11) is 0. The first kappa shape index (κ1) is 9.95. The molecule has 0 bridgehead atoms. The largest absolute Gasteiger partial charge is 0.353 e. The van der Waals surface area contributed by atoms with E-state index in [0.717, 1.165) is 0 Å². The summed E-state index contributed by atoms with van der Waals surface area (Å²) in [5.41, 5.74) is 0. The zero-order chi connectivity index (χ0) is 10.1. The van der Waals surface area contributed by atoms with E-state index in [1.54, 1.807) is 0 Å². The minimum absolute atomic E-state index is 0.105. The van der Waals surface area contributed by atoms with Gasteiger partial charge in [-0.25, -0.2) is 0 Å². The first-order chi connectivity index (χ1) is 7.45. The van der Waals surface area contributed by atoms with Crippen LogP contribution in [-0.2, 0) is 28.4 Å². The molecule has 86 valence electrons. The van der Waals surface area contributed by atoms with Crippen LogP contribution < -0.4 is 0 Å². The third kappa shape index (κ3) is 1.89. The molecule has 3 rings (SSSR count). The number of ether oxygens (including phenoxy) is 6. The highest BCUT2D eigenvalue weighted by Crippen LogP contribution is 2.26. The molecule has 0 aromatic rings. The van der Waals surface area contributed by atoms with Gasteiger partial charge >= 0.3 is 0 Å². The van der Waals surface area contributed by atoms with E-state index in [1.165, 1.54) is 0 Å². The first-order valence-corrected chi connectivity index (χ1v) is 5.07. The smallest absolute Gasteiger partial charge is 0.147 e. The van der Waals surface area contributed by atoms with Crippen LogP contribution in [0, 0.1) is 0 Å². The Morgan fingerprint density at radius 2 is 1.13 bits per heavy atom. The van der Waals surface area contributed by atoms with E-state index in [9.17, 15) is 0 Å². The normalized spacial score (nSPS) is 46.4. The third-order valence-corrected chi connectivity index (χ3v) is 2.87. The van der Waals surface area contributed by atoms with Crippen molar-refractivity contribution in [3.8, 4) is 0 Å². The summed E-state index contributed by atoms with van der Waals surface area (Å²) in [5, 5.41) is 0. The molecule has 3 fully saturated rings. The lowest BCUT2D eigenvalue weighted by Crippen LogP contribution is -2.54. The fourth-order valence-electron chi connectivity index (χ4n) is 2.10. The number of hydrogen-bond acceptors (Lipinski definition) is 6. The van der Waals surface area contributed by atoms with Crippen LogP contribution in [0.25, 0.3) is 0 Å². The van der Waals surface area contributed by atoms with Crippen molar-refractivity contribution in [3.05, 3.63) is 0 Å². The van der Waals surface area contributed by atoms with Crippen LogP contribution in [0.5, 0.6) is 0 Å². The van der Waals surface area contributed by atoms with E-state index in [0.29, 0.717) is 13.2 Å². The van der Waals surface area contributed by atoms with Crippen LogP contribution in [0.15, 0.2) is 0 Å². The molecule has 0 unspecified atom stereocenters. The van der Waals surface area contributed by atoms with Gasteiger partial charge in [0.25, 0.3) is 0 Å². The minimum atomic E-state index is -0.116. The zero-order valence-electron chi connectivity index (χ0n) is 8.29. The lowest BCUT2D eigenvalue weighted by Gasteiger charge is -2.37. The standard InChI is InChI=1S/C9H14O6/c1-6-8(14-3-10-1)9-7(13-5-12-6)2-11-4-15-9/h6-9H,1-5H2/t6-,7+,8-,9-/m1/s1. The Hall–Kier alpha value is -0.240. The second-order valence-corrected chi connectivity index (χ2v) is 3.77. The summed E-state index contributed by atoms with van der Waals surface area (Å²) in [5.74, 6) is 0. The second kappa shape index (κ2) is 4.32. The van der Waals surface area contributed by atoms with E-state index >= 15 is 0 Å². The summed E-state index contributed by atoms with van der Waals surface area (Å²) < 4.78 is 32.4. The molecule has 3 aliphatic heterocycles. The van der Waals surface area contributed by atoms with E-state index in [2.05, 4.69) is 0 Å². The Bertz CT molecular complexity index is 201. The van der Waals surface area contributed by atoms with Gasteiger partial charge in [0.15, 0.2) is 0 Å². The summed E-state index contributed by atoms with van der Waals surface area (Å²) in [6.07, 6.45) is -0.441. The summed E-state index contributed by atoms with van der Waals surface area (Å²) in [6.45, 7) is 1.88. The highest BCUT2D eigenvalue weighted by atomic mass is 16.8. The third-order valence-electron chi connectivity index (χ3n) is 2.87. The Kier molecular flexibility index (Phi) is 2.87. The molecule has 4 atom stereocenters. The lowest BCUT2D eigenvalue weighted by molar-refractivity contribution is -0.260. The fraction of sp³-hybridized carbons (Fsp3) is 1.00. The molecule has 6 nitrogen and oxygen atoms in total. The minimum Gasteiger partial charge on any atom is -0.353 e. The molecule has 15 heavy (non-hydrogen) atoms. The summed E-state index contributed by atoms with van der Waals surface area (Å²) >= 11 is 0. The van der Waals surface area contributed by atoms with Gasteiger partial charge in [-0.3, -0.25) is 0 Å². The molecule has 0 spiro atoms. The van der Waals surface area contributed by atoms with Crippen molar-refractivity contribution in [2.75, 3.05) is 33.6 Å². The van der Waals surface area contributed by atoms with Gasteiger partial charge in [-0.15, -0.1) is 0 Å². The molecule has 0 N–H and O–H groups in total. The van der Waals surface area contributed by atoms with Gasteiger partial charge in [-0.05, 0) is 0 Å². The van der Waals surface area contributed by atoms with Crippen LogP contribution in [-0.4, -0.2) is 58.0 Å². The van der Waals surface area contributed by atoms with Crippen LogP contribution in [0.2, 0.25) is 0 Å². The molecule has 0 amide bonds. The second-order valence-electron chi connectivity index (χ2n) is 3.77. The maximum absolute atomic E-state index is 5.52. The molecule has 0 aromatic heterocycles. The number of rotatable bonds is 0. The SMILES string of the molecule is C1OC[C@@H]2OCO[C@@H]3COCO[C@H]3[C@@H]2O1. The van der Waals surface area contributed by atoms with Crippen LogP contribution >= 0.6 is 0 Å². The molecule has 0 aliphatic carbocycles. The Morgan fingerprint density at radius 3 is 1.67 bits per heavy atom. The number of hydrogen-bond donors (Lipinski definition) is 0. The number of fused-ring (bicyclic) bond motifs is 3. The molecule has 0 saturated carbocycles. The van der Waals surface area contributed by atoms with Crippen molar-refractivity contribution in [2.45, 2.75) is 24.4 Å². The Balaban J connectivity index is 1.77. The summed E-state index contributed by atoms with van der Waals surface area (Å²) in [6, 6.07) is 0. The monoisotopic (exact) mass is 218 g/mol. The predicted octanol–water partition coefficient (Wildman–Crippen LogP) is -0.526. The molecule has 3 aliphatic rings. The van der Waals surface area contributed by atoms with Crippen molar-refractivity contribution in [2.24, 2.45) is 0 Å². The molecular weight excluding hydrogens is 204 g/mol. The lowest BCUT2D eigenvalue weighted by atomic mass is 10.0. The van der Waals surface area contributed by atoms with Gasteiger partial charge in [0.05, 0.1) is 13.2 Å². The maximum Gasteiger partial charge on any atom is 0.147 e. The van der Waals surface area contributed by atoms with Gasteiger partial charge < -0.3 is 28.4 Å². The fourth-order valence-corrected chi connectivity index (χ4v) is 2.10.